The first-order chi connectivity index (χ1) is 9.74. The van der Waals surface area contributed by atoms with Crippen molar-refractivity contribution < 1.29 is 8.42 Å². The molecule has 0 aromatic heterocycles. The molecule has 0 fully saturated rings. The number of anilines is 1. The first-order valence-corrected chi connectivity index (χ1v) is 8.85. The van der Waals surface area contributed by atoms with Gasteiger partial charge in [0.1, 0.15) is 0 Å². The van der Waals surface area contributed by atoms with E-state index in [-0.39, 0.29) is 15.7 Å². The molecule has 1 aromatic rings. The van der Waals surface area contributed by atoms with E-state index in [1.165, 1.54) is 11.4 Å². The molecule has 0 heterocycles. The van der Waals surface area contributed by atoms with E-state index in [0.717, 1.165) is 6.54 Å². The minimum absolute atomic E-state index is 0.202. The highest BCUT2D eigenvalue weighted by atomic mass is 35.5. The summed E-state index contributed by atoms with van der Waals surface area (Å²) >= 11 is 11.9. The van der Waals surface area contributed by atoms with E-state index in [2.05, 4.69) is 10.0 Å². The Morgan fingerprint density at radius 1 is 1.24 bits per heavy atom. The van der Waals surface area contributed by atoms with E-state index in [0.29, 0.717) is 19.0 Å². The molecule has 0 unspecified atom stereocenters. The van der Waals surface area contributed by atoms with Gasteiger partial charge in [-0.05, 0) is 25.1 Å². The number of rotatable bonds is 8. The van der Waals surface area contributed by atoms with Gasteiger partial charge in [-0.25, -0.2) is 0 Å². The van der Waals surface area contributed by atoms with Gasteiger partial charge in [0, 0.05) is 19.6 Å². The summed E-state index contributed by atoms with van der Waals surface area (Å²) in [5.74, 6) is 0. The summed E-state index contributed by atoms with van der Waals surface area (Å²) < 4.78 is 28.1. The van der Waals surface area contributed by atoms with Crippen LogP contribution in [0.4, 0.5) is 5.69 Å². The van der Waals surface area contributed by atoms with Crippen molar-refractivity contribution in [2.24, 2.45) is 0 Å². The lowest BCUT2D eigenvalue weighted by atomic mass is 10.3. The lowest BCUT2D eigenvalue weighted by molar-refractivity contribution is 0.451. The van der Waals surface area contributed by atoms with Crippen LogP contribution in [0.3, 0.4) is 0 Å². The normalized spacial score (nSPS) is 12.1. The fraction of sp³-hybridized carbons (Fsp3) is 0.538. The van der Waals surface area contributed by atoms with Gasteiger partial charge in [0.2, 0.25) is 0 Å². The van der Waals surface area contributed by atoms with Crippen LogP contribution in [0, 0.1) is 0 Å². The van der Waals surface area contributed by atoms with E-state index >= 15 is 0 Å². The largest absolute Gasteiger partial charge is 0.314 e. The number of hydrogen-bond donors (Lipinski definition) is 2. The number of halogens is 2. The molecule has 0 aliphatic carbocycles. The van der Waals surface area contributed by atoms with Crippen molar-refractivity contribution in [3.8, 4) is 0 Å². The van der Waals surface area contributed by atoms with Gasteiger partial charge in [-0.3, -0.25) is 4.72 Å². The zero-order valence-electron chi connectivity index (χ0n) is 12.4. The first-order valence-electron chi connectivity index (χ1n) is 6.65. The Balaban J connectivity index is 2.64. The minimum atomic E-state index is -3.67. The van der Waals surface area contributed by atoms with Crippen LogP contribution in [0.15, 0.2) is 18.2 Å². The molecule has 120 valence electrons. The maximum Gasteiger partial charge on any atom is 0.301 e. The molecule has 21 heavy (non-hydrogen) atoms. The fourth-order valence-corrected chi connectivity index (χ4v) is 3.22. The molecule has 0 aliphatic heterocycles. The molecule has 8 heteroatoms. The number of para-hydroxylation sites is 1. The predicted molar refractivity (Wildman–Crippen MR) is 89.4 cm³/mol. The van der Waals surface area contributed by atoms with E-state index < -0.39 is 10.2 Å². The van der Waals surface area contributed by atoms with Crippen LogP contribution >= 0.6 is 23.2 Å². The molecule has 0 amide bonds. The predicted octanol–water partition coefficient (Wildman–Crippen LogP) is 2.97. The summed E-state index contributed by atoms with van der Waals surface area (Å²) in [7, 11) is -2.16. The second kappa shape index (κ2) is 8.19. The third-order valence-electron chi connectivity index (χ3n) is 2.81. The van der Waals surface area contributed by atoms with Crippen LogP contribution < -0.4 is 10.0 Å². The zero-order valence-corrected chi connectivity index (χ0v) is 14.7. The summed E-state index contributed by atoms with van der Waals surface area (Å²) in [6.45, 7) is 5.24. The monoisotopic (exact) mass is 353 g/mol. The Bertz CT molecular complexity index is 544. The van der Waals surface area contributed by atoms with Gasteiger partial charge in [0.25, 0.3) is 0 Å². The Morgan fingerprint density at radius 2 is 1.81 bits per heavy atom. The highest BCUT2D eigenvalue weighted by molar-refractivity contribution is 7.90. The van der Waals surface area contributed by atoms with Crippen molar-refractivity contribution in [3.05, 3.63) is 28.2 Å². The SMILES string of the molecule is CC(C)NCCCN(C)S(=O)(=O)Nc1c(Cl)cccc1Cl. The molecule has 1 rings (SSSR count). The molecule has 0 spiro atoms. The molecular formula is C13H21Cl2N3O2S. The number of nitrogens with zero attached hydrogens (tertiary/aromatic N) is 1. The summed E-state index contributed by atoms with van der Waals surface area (Å²) in [5.41, 5.74) is 0.202. The summed E-state index contributed by atoms with van der Waals surface area (Å²) in [6, 6.07) is 5.20. The molecule has 0 saturated heterocycles. The number of hydrogen-bond acceptors (Lipinski definition) is 3. The quantitative estimate of drug-likeness (QED) is 0.706. The molecule has 0 atom stereocenters. The highest BCUT2D eigenvalue weighted by Gasteiger charge is 2.19. The minimum Gasteiger partial charge on any atom is -0.314 e. The van der Waals surface area contributed by atoms with Gasteiger partial charge in [-0.15, -0.1) is 0 Å². The van der Waals surface area contributed by atoms with Crippen molar-refractivity contribution in [1.29, 1.82) is 0 Å². The standard InChI is InChI=1S/C13H21Cl2N3O2S/c1-10(2)16-8-5-9-18(3)21(19,20)17-13-11(14)6-4-7-12(13)15/h4,6-7,10,16-17H,5,8-9H2,1-3H3. The van der Waals surface area contributed by atoms with Crippen molar-refractivity contribution in [1.82, 2.24) is 9.62 Å². The lowest BCUT2D eigenvalue weighted by Gasteiger charge is -2.19. The maximum atomic E-state index is 12.2. The van der Waals surface area contributed by atoms with Crippen LogP contribution in [-0.4, -0.2) is 38.9 Å². The van der Waals surface area contributed by atoms with Crippen LogP contribution in [0.1, 0.15) is 20.3 Å². The van der Waals surface area contributed by atoms with Gasteiger partial charge in [0.15, 0.2) is 0 Å². The van der Waals surface area contributed by atoms with Gasteiger partial charge in [-0.2, -0.15) is 12.7 Å². The molecule has 0 saturated carbocycles. The number of benzene rings is 1. The van der Waals surface area contributed by atoms with E-state index in [9.17, 15) is 8.42 Å². The van der Waals surface area contributed by atoms with Crippen LogP contribution in [0.2, 0.25) is 10.0 Å². The smallest absolute Gasteiger partial charge is 0.301 e. The van der Waals surface area contributed by atoms with Crippen molar-refractivity contribution >= 4 is 39.1 Å². The third kappa shape index (κ3) is 6.00. The first kappa shape index (κ1) is 18.5. The fourth-order valence-electron chi connectivity index (χ4n) is 1.61. The highest BCUT2D eigenvalue weighted by Crippen LogP contribution is 2.30. The number of nitrogens with one attached hydrogen (secondary N) is 2. The molecule has 1 aromatic carbocycles. The molecular weight excluding hydrogens is 333 g/mol. The molecule has 0 radical (unpaired) electrons. The van der Waals surface area contributed by atoms with E-state index in [1.54, 1.807) is 18.2 Å². The topological polar surface area (TPSA) is 61.4 Å². The van der Waals surface area contributed by atoms with Gasteiger partial charge < -0.3 is 5.32 Å². The summed E-state index contributed by atoms with van der Waals surface area (Å²) in [5, 5.41) is 3.77. The average Bonchev–Trinajstić information content (AvgIpc) is 2.38. The molecule has 0 aliphatic rings. The Kier molecular flexibility index (Phi) is 7.23. The van der Waals surface area contributed by atoms with Crippen molar-refractivity contribution in [2.45, 2.75) is 26.3 Å². The van der Waals surface area contributed by atoms with Crippen LogP contribution in [0.5, 0.6) is 0 Å². The van der Waals surface area contributed by atoms with Crippen LogP contribution in [0.25, 0.3) is 0 Å². The van der Waals surface area contributed by atoms with E-state index in [1.807, 2.05) is 13.8 Å². The van der Waals surface area contributed by atoms with Gasteiger partial charge >= 0.3 is 10.2 Å². The van der Waals surface area contributed by atoms with Crippen molar-refractivity contribution in [2.75, 3.05) is 24.9 Å². The third-order valence-corrected chi connectivity index (χ3v) is 4.90. The Labute approximate surface area is 136 Å². The second-order valence-electron chi connectivity index (χ2n) is 4.99. The van der Waals surface area contributed by atoms with Crippen molar-refractivity contribution in [3.63, 3.8) is 0 Å². The average molecular weight is 354 g/mol. The summed E-state index contributed by atoms with van der Waals surface area (Å²) in [4.78, 5) is 0. The Hall–Kier alpha value is -0.530. The zero-order chi connectivity index (χ0) is 16.0. The molecule has 0 bridgehead atoms. The lowest BCUT2D eigenvalue weighted by Crippen LogP contribution is -2.35. The van der Waals surface area contributed by atoms with Gasteiger partial charge in [0.05, 0.1) is 15.7 Å². The van der Waals surface area contributed by atoms with Crippen LogP contribution in [-0.2, 0) is 10.2 Å². The van der Waals surface area contributed by atoms with Gasteiger partial charge in [-0.1, -0.05) is 43.1 Å². The van der Waals surface area contributed by atoms with E-state index in [4.69, 9.17) is 23.2 Å². The molecule has 5 nitrogen and oxygen atoms in total. The molecule has 2 N–H and O–H groups in total. The Morgan fingerprint density at radius 3 is 2.33 bits per heavy atom. The summed E-state index contributed by atoms with van der Waals surface area (Å²) in [6.07, 6.45) is 0.714. The maximum absolute atomic E-state index is 12.2. The second-order valence-corrected chi connectivity index (χ2v) is 7.58.